The van der Waals surface area contributed by atoms with E-state index in [0.29, 0.717) is 37.4 Å². The van der Waals surface area contributed by atoms with Crippen molar-refractivity contribution in [2.45, 2.75) is 25.3 Å². The van der Waals surface area contributed by atoms with Crippen LogP contribution in [-0.4, -0.2) is 49.9 Å². The third kappa shape index (κ3) is 4.32. The minimum absolute atomic E-state index is 0.0914. The maximum atomic E-state index is 12.6. The number of amides is 1. The van der Waals surface area contributed by atoms with Gasteiger partial charge in [-0.05, 0) is 49.7 Å². The predicted octanol–water partition coefficient (Wildman–Crippen LogP) is 0.943. The van der Waals surface area contributed by atoms with Crippen LogP contribution in [0.2, 0.25) is 0 Å². The van der Waals surface area contributed by atoms with Gasteiger partial charge in [0.15, 0.2) is 0 Å². The number of aryl methyl sites for hydroxylation is 2. The van der Waals surface area contributed by atoms with E-state index >= 15 is 0 Å². The summed E-state index contributed by atoms with van der Waals surface area (Å²) in [6, 6.07) is 7.62. The number of carbonyl (C=O) groups excluding carboxylic acids is 1. The minimum Gasteiger partial charge on any atom is -0.379 e. The van der Waals surface area contributed by atoms with E-state index in [1.807, 2.05) is 13.0 Å². The van der Waals surface area contributed by atoms with Gasteiger partial charge in [-0.15, -0.1) is 0 Å². The third-order valence-electron chi connectivity index (χ3n) is 4.64. The normalized spacial score (nSPS) is 15.4. The first-order chi connectivity index (χ1) is 13.3. The fourth-order valence-electron chi connectivity index (χ4n) is 3.09. The number of sulfonamides is 1. The van der Waals surface area contributed by atoms with Crippen molar-refractivity contribution in [3.63, 3.8) is 0 Å². The number of hydrogen-bond acceptors (Lipinski definition) is 5. The molecule has 0 bridgehead atoms. The van der Waals surface area contributed by atoms with Gasteiger partial charge in [-0.25, -0.2) is 8.42 Å². The van der Waals surface area contributed by atoms with Crippen molar-refractivity contribution in [1.82, 2.24) is 14.6 Å². The zero-order valence-corrected chi connectivity index (χ0v) is 16.6. The summed E-state index contributed by atoms with van der Waals surface area (Å²) in [7, 11) is -3.60. The van der Waals surface area contributed by atoms with Gasteiger partial charge in [-0.3, -0.25) is 9.59 Å². The summed E-state index contributed by atoms with van der Waals surface area (Å²) in [5, 5.41) is 2.70. The number of pyridine rings is 1. The predicted molar refractivity (Wildman–Crippen MR) is 104 cm³/mol. The molecule has 0 radical (unpaired) electrons. The summed E-state index contributed by atoms with van der Waals surface area (Å²) in [5.74, 6) is -0.380. The molecule has 0 saturated carbocycles. The molecule has 1 aliphatic rings. The van der Waals surface area contributed by atoms with E-state index in [1.165, 1.54) is 28.6 Å². The molecule has 9 heteroatoms. The second-order valence-corrected chi connectivity index (χ2v) is 8.60. The van der Waals surface area contributed by atoms with Gasteiger partial charge in [0.25, 0.3) is 11.5 Å². The van der Waals surface area contributed by atoms with Crippen LogP contribution in [0, 0.1) is 13.8 Å². The van der Waals surface area contributed by atoms with Crippen molar-refractivity contribution in [3.05, 3.63) is 63.1 Å². The Kier molecular flexibility index (Phi) is 5.97. The molecule has 1 aliphatic heterocycles. The SMILES string of the molecule is Cc1cc(C)c(CNC(=O)c2ccc(S(=O)(=O)N3CCOCC3)cc2)c(=O)[nH]1. The first kappa shape index (κ1) is 20.2. The Morgan fingerprint density at radius 2 is 1.82 bits per heavy atom. The lowest BCUT2D eigenvalue weighted by molar-refractivity contribution is 0.0730. The average Bonchev–Trinajstić information content (AvgIpc) is 2.67. The van der Waals surface area contributed by atoms with E-state index in [9.17, 15) is 18.0 Å². The van der Waals surface area contributed by atoms with Gasteiger partial charge < -0.3 is 15.0 Å². The summed E-state index contributed by atoms with van der Waals surface area (Å²) < 4.78 is 31.8. The summed E-state index contributed by atoms with van der Waals surface area (Å²) in [5.41, 5.74) is 2.14. The molecule has 1 saturated heterocycles. The highest BCUT2D eigenvalue weighted by Gasteiger charge is 2.26. The smallest absolute Gasteiger partial charge is 0.253 e. The van der Waals surface area contributed by atoms with E-state index in [2.05, 4.69) is 10.3 Å². The molecule has 0 unspecified atom stereocenters. The molecular weight excluding hydrogens is 382 g/mol. The number of H-pyrrole nitrogens is 1. The van der Waals surface area contributed by atoms with Crippen molar-refractivity contribution < 1.29 is 17.9 Å². The monoisotopic (exact) mass is 405 g/mol. The van der Waals surface area contributed by atoms with Gasteiger partial charge in [0, 0.05) is 36.5 Å². The molecule has 2 heterocycles. The van der Waals surface area contributed by atoms with Crippen molar-refractivity contribution in [1.29, 1.82) is 0 Å². The molecule has 0 aliphatic carbocycles. The third-order valence-corrected chi connectivity index (χ3v) is 6.56. The lowest BCUT2D eigenvalue weighted by Crippen LogP contribution is -2.40. The van der Waals surface area contributed by atoms with E-state index in [4.69, 9.17) is 4.74 Å². The first-order valence-corrected chi connectivity index (χ1v) is 10.4. The van der Waals surface area contributed by atoms with Crippen molar-refractivity contribution in [2.75, 3.05) is 26.3 Å². The largest absolute Gasteiger partial charge is 0.379 e. The van der Waals surface area contributed by atoms with E-state index < -0.39 is 10.0 Å². The van der Waals surface area contributed by atoms with Crippen LogP contribution in [0.25, 0.3) is 0 Å². The second-order valence-electron chi connectivity index (χ2n) is 6.67. The van der Waals surface area contributed by atoms with Crippen molar-refractivity contribution in [3.8, 4) is 0 Å². The lowest BCUT2D eigenvalue weighted by Gasteiger charge is -2.26. The first-order valence-electron chi connectivity index (χ1n) is 8.94. The Balaban J connectivity index is 1.70. The molecule has 1 fully saturated rings. The van der Waals surface area contributed by atoms with Crippen LogP contribution >= 0.6 is 0 Å². The topological polar surface area (TPSA) is 109 Å². The van der Waals surface area contributed by atoms with Crippen molar-refractivity contribution >= 4 is 15.9 Å². The number of morpholine rings is 1. The Bertz CT molecular complexity index is 1020. The number of benzene rings is 1. The van der Waals surface area contributed by atoms with Crippen LogP contribution in [0.3, 0.4) is 0 Å². The molecule has 1 aromatic carbocycles. The van der Waals surface area contributed by atoms with Gasteiger partial charge in [0.2, 0.25) is 10.0 Å². The fraction of sp³-hybridized carbons (Fsp3) is 0.368. The number of ether oxygens (including phenoxy) is 1. The Labute approximate surface area is 163 Å². The Morgan fingerprint density at radius 3 is 2.43 bits per heavy atom. The maximum absolute atomic E-state index is 12.6. The number of nitrogens with zero attached hydrogens (tertiary/aromatic N) is 1. The zero-order valence-electron chi connectivity index (χ0n) is 15.8. The molecule has 28 heavy (non-hydrogen) atoms. The van der Waals surface area contributed by atoms with Gasteiger partial charge >= 0.3 is 0 Å². The highest BCUT2D eigenvalue weighted by atomic mass is 32.2. The van der Waals surface area contributed by atoms with Crippen LogP contribution in [-0.2, 0) is 21.3 Å². The number of aromatic amines is 1. The van der Waals surface area contributed by atoms with Crippen LogP contribution in [0.1, 0.15) is 27.2 Å². The molecular formula is C19H23N3O5S. The summed E-state index contributed by atoms with van der Waals surface area (Å²) in [4.78, 5) is 27.2. The van der Waals surface area contributed by atoms with Gasteiger partial charge in [-0.2, -0.15) is 4.31 Å². The minimum atomic E-state index is -3.60. The molecule has 2 N–H and O–H groups in total. The number of rotatable bonds is 5. The number of aromatic nitrogens is 1. The molecule has 8 nitrogen and oxygen atoms in total. The molecule has 2 aromatic rings. The Morgan fingerprint density at radius 1 is 1.18 bits per heavy atom. The van der Waals surface area contributed by atoms with E-state index in [0.717, 1.165) is 11.3 Å². The Hall–Kier alpha value is -2.49. The van der Waals surface area contributed by atoms with Crippen LogP contribution < -0.4 is 10.9 Å². The van der Waals surface area contributed by atoms with Crippen molar-refractivity contribution in [2.24, 2.45) is 0 Å². The number of nitrogens with one attached hydrogen (secondary N) is 2. The van der Waals surface area contributed by atoms with Gasteiger partial charge in [0.05, 0.1) is 18.1 Å². The summed E-state index contributed by atoms with van der Waals surface area (Å²) in [6.45, 7) is 5.07. The molecule has 0 spiro atoms. The standard InChI is InChI=1S/C19H23N3O5S/c1-13-11-14(2)21-19(24)17(13)12-20-18(23)15-3-5-16(6-4-15)28(25,26)22-7-9-27-10-8-22/h3-6,11H,7-10,12H2,1-2H3,(H,20,23)(H,21,24). The molecule has 1 amide bonds. The molecule has 0 atom stereocenters. The van der Waals surface area contributed by atoms with E-state index in [1.54, 1.807) is 6.92 Å². The van der Waals surface area contributed by atoms with Crippen LogP contribution in [0.15, 0.2) is 40.0 Å². The maximum Gasteiger partial charge on any atom is 0.253 e. The quantitative estimate of drug-likeness (QED) is 0.770. The summed E-state index contributed by atoms with van der Waals surface area (Å²) >= 11 is 0. The molecule has 150 valence electrons. The summed E-state index contributed by atoms with van der Waals surface area (Å²) in [6.07, 6.45) is 0. The van der Waals surface area contributed by atoms with E-state index in [-0.39, 0.29) is 22.9 Å². The average molecular weight is 405 g/mol. The highest BCUT2D eigenvalue weighted by molar-refractivity contribution is 7.89. The molecule has 3 rings (SSSR count). The van der Waals surface area contributed by atoms with Crippen LogP contribution in [0.5, 0.6) is 0 Å². The second kappa shape index (κ2) is 8.26. The highest BCUT2D eigenvalue weighted by Crippen LogP contribution is 2.17. The zero-order chi connectivity index (χ0) is 20.3. The van der Waals surface area contributed by atoms with Crippen LogP contribution in [0.4, 0.5) is 0 Å². The van der Waals surface area contributed by atoms with Gasteiger partial charge in [-0.1, -0.05) is 0 Å². The number of carbonyl (C=O) groups is 1. The van der Waals surface area contributed by atoms with Gasteiger partial charge in [0.1, 0.15) is 0 Å². The molecule has 1 aromatic heterocycles. The fourth-order valence-corrected chi connectivity index (χ4v) is 4.49. The number of hydrogen-bond donors (Lipinski definition) is 2. The lowest BCUT2D eigenvalue weighted by atomic mass is 10.1.